The highest BCUT2D eigenvalue weighted by atomic mass is 31.1. The van der Waals surface area contributed by atoms with Gasteiger partial charge in [0, 0.05) is 0 Å². The van der Waals surface area contributed by atoms with E-state index in [4.69, 9.17) is 0 Å². The van der Waals surface area contributed by atoms with Crippen molar-refractivity contribution in [2.75, 3.05) is 0 Å². The molecule has 110 valence electrons. The van der Waals surface area contributed by atoms with E-state index in [-0.39, 0.29) is 0 Å². The Morgan fingerprint density at radius 3 is 1.23 bits per heavy atom. The van der Waals surface area contributed by atoms with Crippen molar-refractivity contribution in [3.63, 3.8) is 0 Å². The van der Waals surface area contributed by atoms with E-state index in [2.05, 4.69) is 86.6 Å². The quantitative estimate of drug-likeness (QED) is 0.644. The van der Waals surface area contributed by atoms with Crippen molar-refractivity contribution in [3.8, 4) is 0 Å². The summed E-state index contributed by atoms with van der Waals surface area (Å²) in [6.07, 6.45) is 0. The first kappa shape index (κ1) is 15.4. The molecule has 0 amide bonds. The van der Waals surface area contributed by atoms with Crippen LogP contribution < -0.4 is 21.2 Å². The minimum absolute atomic E-state index is 0.728. The van der Waals surface area contributed by atoms with Gasteiger partial charge in [-0.3, -0.25) is 0 Å². The average Bonchev–Trinajstić information content (AvgIpc) is 2.54. The van der Waals surface area contributed by atoms with Crippen molar-refractivity contribution in [3.05, 3.63) is 83.9 Å². The van der Waals surface area contributed by atoms with Gasteiger partial charge in [-0.1, -0.05) is 101 Å². The predicted octanol–water partition coefficient (Wildman–Crippen LogP) is 3.56. The molecule has 2 unspecified atom stereocenters. The molecule has 0 saturated carbocycles. The predicted molar refractivity (Wildman–Crippen MR) is 104 cm³/mol. The zero-order valence-electron chi connectivity index (χ0n) is 12.9. The second-order valence-corrected chi connectivity index (χ2v) is 8.26. The minimum atomic E-state index is 0.728. The molecule has 22 heavy (non-hydrogen) atoms. The standard InChI is InChI=1S/C20H20P2/c1-15-7-11-17(12-8-15)21-19-5-3-4-6-20(19)22-18-13-9-16(2)10-14-18/h3-14,21-22H,1-2H3. The van der Waals surface area contributed by atoms with Crippen LogP contribution in [0, 0.1) is 13.8 Å². The smallest absolute Gasteiger partial charge is 0.0149 e. The Balaban J connectivity index is 1.83. The Morgan fingerprint density at radius 2 is 0.864 bits per heavy atom. The maximum atomic E-state index is 2.27. The van der Waals surface area contributed by atoms with Crippen molar-refractivity contribution >= 4 is 38.4 Å². The van der Waals surface area contributed by atoms with Gasteiger partial charge < -0.3 is 0 Å². The van der Waals surface area contributed by atoms with Gasteiger partial charge in [-0.15, -0.1) is 0 Å². The fraction of sp³-hybridized carbons (Fsp3) is 0.100. The minimum Gasteiger partial charge on any atom is -0.0616 e. The van der Waals surface area contributed by atoms with E-state index >= 15 is 0 Å². The van der Waals surface area contributed by atoms with E-state index in [1.54, 1.807) is 0 Å². The second-order valence-electron chi connectivity index (χ2n) is 5.53. The summed E-state index contributed by atoms with van der Waals surface area (Å²) in [4.78, 5) is 0. The van der Waals surface area contributed by atoms with Gasteiger partial charge >= 0.3 is 0 Å². The molecule has 0 fully saturated rings. The van der Waals surface area contributed by atoms with Gasteiger partial charge in [0.25, 0.3) is 0 Å². The summed E-state index contributed by atoms with van der Waals surface area (Å²) >= 11 is 0. The molecule has 0 aliphatic carbocycles. The molecule has 0 saturated heterocycles. The van der Waals surface area contributed by atoms with Crippen LogP contribution in [0.4, 0.5) is 0 Å². The number of hydrogen-bond acceptors (Lipinski definition) is 0. The van der Waals surface area contributed by atoms with Crippen LogP contribution in [0.15, 0.2) is 72.8 Å². The monoisotopic (exact) mass is 322 g/mol. The zero-order chi connectivity index (χ0) is 15.4. The van der Waals surface area contributed by atoms with E-state index in [1.165, 1.54) is 32.3 Å². The summed E-state index contributed by atoms with van der Waals surface area (Å²) < 4.78 is 0. The Kier molecular flexibility index (Phi) is 5.04. The average molecular weight is 322 g/mol. The summed E-state index contributed by atoms with van der Waals surface area (Å²) in [6, 6.07) is 26.7. The highest BCUT2D eigenvalue weighted by Gasteiger charge is 2.04. The third-order valence-corrected chi connectivity index (χ3v) is 6.49. The Labute approximate surface area is 136 Å². The van der Waals surface area contributed by atoms with Gasteiger partial charge in [-0.25, -0.2) is 0 Å². The Hall–Kier alpha value is -1.48. The van der Waals surface area contributed by atoms with Crippen LogP contribution in [0.3, 0.4) is 0 Å². The molecule has 3 aromatic rings. The third kappa shape index (κ3) is 4.04. The van der Waals surface area contributed by atoms with Crippen molar-refractivity contribution in [2.24, 2.45) is 0 Å². The van der Waals surface area contributed by atoms with Crippen LogP contribution >= 0.6 is 17.2 Å². The number of rotatable bonds is 4. The zero-order valence-corrected chi connectivity index (χ0v) is 14.9. The van der Waals surface area contributed by atoms with Crippen LogP contribution in [0.5, 0.6) is 0 Å². The lowest BCUT2D eigenvalue weighted by Crippen LogP contribution is -2.20. The maximum Gasteiger partial charge on any atom is -0.0149 e. The van der Waals surface area contributed by atoms with E-state index in [0.717, 1.165) is 17.2 Å². The van der Waals surface area contributed by atoms with Gasteiger partial charge in [0.05, 0.1) is 0 Å². The molecule has 0 bridgehead atoms. The molecular weight excluding hydrogens is 302 g/mol. The maximum absolute atomic E-state index is 2.27. The molecular formula is C20H20P2. The van der Waals surface area contributed by atoms with E-state index in [1.807, 2.05) is 0 Å². The molecule has 0 N–H and O–H groups in total. The van der Waals surface area contributed by atoms with Crippen LogP contribution in [0.2, 0.25) is 0 Å². The molecule has 0 nitrogen and oxygen atoms in total. The van der Waals surface area contributed by atoms with Gasteiger partial charge in [0.2, 0.25) is 0 Å². The fourth-order valence-electron chi connectivity index (χ4n) is 2.29. The summed E-state index contributed by atoms with van der Waals surface area (Å²) in [6.45, 7) is 4.28. The fourth-order valence-corrected chi connectivity index (χ4v) is 4.74. The first-order valence-corrected chi connectivity index (χ1v) is 9.47. The van der Waals surface area contributed by atoms with Crippen LogP contribution in [0.25, 0.3) is 0 Å². The first-order chi connectivity index (χ1) is 10.7. The van der Waals surface area contributed by atoms with E-state index < -0.39 is 0 Å². The normalized spacial score (nSPS) is 11.7. The van der Waals surface area contributed by atoms with Crippen molar-refractivity contribution in [2.45, 2.75) is 13.8 Å². The number of hydrogen-bond donors (Lipinski definition) is 0. The lowest BCUT2D eigenvalue weighted by molar-refractivity contribution is 1.49. The topological polar surface area (TPSA) is 0 Å². The van der Waals surface area contributed by atoms with Gasteiger partial charge in [0.1, 0.15) is 0 Å². The molecule has 3 rings (SSSR count). The molecule has 2 atom stereocenters. The molecule has 0 aromatic heterocycles. The number of benzene rings is 3. The molecule has 3 aromatic carbocycles. The van der Waals surface area contributed by atoms with Crippen LogP contribution in [0.1, 0.15) is 11.1 Å². The van der Waals surface area contributed by atoms with Gasteiger partial charge in [-0.2, -0.15) is 0 Å². The highest BCUT2D eigenvalue weighted by Crippen LogP contribution is 2.16. The molecule has 0 heterocycles. The SMILES string of the molecule is Cc1ccc(Pc2ccccc2Pc2ccc(C)cc2)cc1. The summed E-state index contributed by atoms with van der Waals surface area (Å²) in [5.74, 6) is 0. The molecule has 2 heteroatoms. The van der Waals surface area contributed by atoms with Gasteiger partial charge in [0.15, 0.2) is 0 Å². The Morgan fingerprint density at radius 1 is 0.500 bits per heavy atom. The second kappa shape index (κ2) is 7.19. The van der Waals surface area contributed by atoms with Crippen molar-refractivity contribution in [1.82, 2.24) is 0 Å². The molecule has 0 aliphatic rings. The third-order valence-electron chi connectivity index (χ3n) is 3.59. The molecule has 0 radical (unpaired) electrons. The summed E-state index contributed by atoms with van der Waals surface area (Å²) in [5.41, 5.74) is 2.65. The molecule has 0 spiro atoms. The van der Waals surface area contributed by atoms with Gasteiger partial charge in [-0.05, 0) is 35.1 Å². The summed E-state index contributed by atoms with van der Waals surface area (Å²) in [5, 5.41) is 5.74. The highest BCUT2D eigenvalue weighted by molar-refractivity contribution is 7.62. The molecule has 0 aliphatic heterocycles. The van der Waals surface area contributed by atoms with E-state index in [9.17, 15) is 0 Å². The van der Waals surface area contributed by atoms with Crippen molar-refractivity contribution in [1.29, 1.82) is 0 Å². The van der Waals surface area contributed by atoms with E-state index in [0.29, 0.717) is 0 Å². The first-order valence-electron chi connectivity index (χ1n) is 7.47. The lowest BCUT2D eigenvalue weighted by Gasteiger charge is -2.10. The van der Waals surface area contributed by atoms with Crippen LogP contribution in [-0.2, 0) is 0 Å². The lowest BCUT2D eigenvalue weighted by atomic mass is 10.2. The van der Waals surface area contributed by atoms with Crippen LogP contribution in [-0.4, -0.2) is 0 Å². The Bertz CT molecular complexity index is 677. The van der Waals surface area contributed by atoms with Crippen molar-refractivity contribution < 1.29 is 0 Å². The largest absolute Gasteiger partial charge is 0.0616 e. The summed E-state index contributed by atoms with van der Waals surface area (Å²) in [7, 11) is 1.46. The number of aryl methyl sites for hydroxylation is 2.